The molecule has 6 nitrogen and oxygen atoms in total. The number of hydrogen-bond donors (Lipinski definition) is 1. The molecule has 2 aromatic carbocycles. The Morgan fingerprint density at radius 3 is 2.36 bits per heavy atom. The monoisotopic (exact) mass is 348 g/mol. The molecule has 8 heteroatoms. The molecule has 2 aromatic rings. The average molecular weight is 348 g/mol. The first kappa shape index (κ1) is 18.1. The quantitative estimate of drug-likeness (QED) is 0.495. The topological polar surface area (TPSA) is 77.0 Å². The molecule has 0 heterocycles. The van der Waals surface area contributed by atoms with Crippen molar-refractivity contribution in [2.24, 2.45) is 5.16 Å². The van der Waals surface area contributed by atoms with Gasteiger partial charge in [-0.3, -0.25) is 4.79 Å². The number of hydrogen-bond acceptors (Lipinski definition) is 5. The highest BCUT2D eigenvalue weighted by Gasteiger charge is 2.06. The van der Waals surface area contributed by atoms with Crippen LogP contribution >= 0.6 is 0 Å². The maximum Gasteiger partial charge on any atom is 0.337 e. The number of oxime groups is 1. The van der Waals surface area contributed by atoms with Crippen LogP contribution in [0.15, 0.2) is 47.6 Å². The highest BCUT2D eigenvalue weighted by atomic mass is 19.1. The van der Waals surface area contributed by atoms with Gasteiger partial charge in [0, 0.05) is 11.8 Å². The van der Waals surface area contributed by atoms with Crippen LogP contribution in [0, 0.1) is 11.6 Å². The lowest BCUT2D eigenvalue weighted by molar-refractivity contribution is -0.120. The molecule has 0 radical (unpaired) electrons. The number of benzene rings is 2. The molecular weight excluding hydrogens is 334 g/mol. The van der Waals surface area contributed by atoms with Crippen LogP contribution in [-0.2, 0) is 14.4 Å². The summed E-state index contributed by atoms with van der Waals surface area (Å²) in [6.07, 6.45) is 1.34. The Labute approximate surface area is 142 Å². The van der Waals surface area contributed by atoms with E-state index in [-0.39, 0.29) is 5.69 Å². The van der Waals surface area contributed by atoms with Gasteiger partial charge >= 0.3 is 5.97 Å². The van der Waals surface area contributed by atoms with Crippen LogP contribution in [0.1, 0.15) is 15.9 Å². The Bertz CT molecular complexity index is 771. The lowest BCUT2D eigenvalue weighted by Gasteiger charge is -2.04. The average Bonchev–Trinajstić information content (AvgIpc) is 2.57. The second-order valence-electron chi connectivity index (χ2n) is 4.83. The first-order chi connectivity index (χ1) is 12.0. The molecule has 0 unspecified atom stereocenters. The van der Waals surface area contributed by atoms with E-state index in [9.17, 15) is 18.4 Å². The first-order valence-electron chi connectivity index (χ1n) is 7.07. The van der Waals surface area contributed by atoms with Gasteiger partial charge in [-0.15, -0.1) is 0 Å². The molecule has 0 aliphatic rings. The predicted octanol–water partition coefficient (Wildman–Crippen LogP) is 2.74. The van der Waals surface area contributed by atoms with Crippen LogP contribution in [0.2, 0.25) is 0 Å². The van der Waals surface area contributed by atoms with Crippen molar-refractivity contribution in [2.75, 3.05) is 19.0 Å². The number of nitrogens with one attached hydrogen (secondary N) is 1. The number of rotatable bonds is 6. The van der Waals surface area contributed by atoms with E-state index in [0.717, 1.165) is 12.1 Å². The number of anilines is 1. The van der Waals surface area contributed by atoms with Crippen molar-refractivity contribution in [3.05, 3.63) is 65.2 Å². The van der Waals surface area contributed by atoms with E-state index in [1.54, 1.807) is 24.3 Å². The van der Waals surface area contributed by atoms with Crippen molar-refractivity contribution >= 4 is 23.8 Å². The molecule has 0 aliphatic carbocycles. The summed E-state index contributed by atoms with van der Waals surface area (Å²) in [6, 6.07) is 9.00. The number of amides is 1. The minimum absolute atomic E-state index is 0.0199. The van der Waals surface area contributed by atoms with E-state index < -0.39 is 30.1 Å². The Morgan fingerprint density at radius 2 is 1.76 bits per heavy atom. The van der Waals surface area contributed by atoms with Crippen molar-refractivity contribution in [1.29, 1.82) is 0 Å². The summed E-state index contributed by atoms with van der Waals surface area (Å²) in [7, 11) is 1.29. The molecule has 0 aliphatic heterocycles. The first-order valence-corrected chi connectivity index (χ1v) is 7.07. The van der Waals surface area contributed by atoms with Crippen molar-refractivity contribution in [2.45, 2.75) is 0 Å². The van der Waals surface area contributed by atoms with Gasteiger partial charge in [0.25, 0.3) is 5.91 Å². The van der Waals surface area contributed by atoms with E-state index >= 15 is 0 Å². The lowest BCUT2D eigenvalue weighted by atomic mass is 10.1. The number of carbonyl (C=O) groups excluding carboxylic acids is 2. The molecule has 0 atom stereocenters. The Balaban J connectivity index is 1.82. The van der Waals surface area contributed by atoms with E-state index in [1.165, 1.54) is 13.3 Å². The highest BCUT2D eigenvalue weighted by Crippen LogP contribution is 2.12. The van der Waals surface area contributed by atoms with Gasteiger partial charge in [-0.25, -0.2) is 13.6 Å². The third-order valence-electron chi connectivity index (χ3n) is 2.95. The highest BCUT2D eigenvalue weighted by molar-refractivity contribution is 5.92. The van der Waals surface area contributed by atoms with Gasteiger partial charge in [0.1, 0.15) is 11.6 Å². The van der Waals surface area contributed by atoms with Crippen molar-refractivity contribution in [1.82, 2.24) is 0 Å². The molecule has 0 bridgehead atoms. The molecular formula is C17H14F2N2O4. The standard InChI is InChI=1S/C17H14F2N2O4/c1-24-17(23)12-4-2-11(3-5-12)9-20-25-10-16(22)21-15-7-13(18)6-14(19)8-15/h2-9H,10H2,1H3,(H,21,22)/b20-9+. The second-order valence-corrected chi connectivity index (χ2v) is 4.83. The van der Waals surface area contributed by atoms with Gasteiger partial charge in [-0.2, -0.15) is 0 Å². The minimum Gasteiger partial charge on any atom is -0.465 e. The lowest BCUT2D eigenvalue weighted by Crippen LogP contribution is -2.17. The Morgan fingerprint density at radius 1 is 1.12 bits per heavy atom. The Hall–Kier alpha value is -3.29. The third kappa shape index (κ3) is 5.69. The van der Waals surface area contributed by atoms with Gasteiger partial charge in [0.15, 0.2) is 6.61 Å². The van der Waals surface area contributed by atoms with E-state index in [0.29, 0.717) is 17.2 Å². The van der Waals surface area contributed by atoms with E-state index in [1.807, 2.05) is 0 Å². The maximum atomic E-state index is 13.0. The molecule has 130 valence electrons. The molecule has 0 saturated carbocycles. The number of halogens is 2. The fourth-order valence-corrected chi connectivity index (χ4v) is 1.84. The minimum atomic E-state index is -0.801. The largest absolute Gasteiger partial charge is 0.465 e. The molecule has 2 rings (SSSR count). The van der Waals surface area contributed by atoms with Crippen LogP contribution in [-0.4, -0.2) is 31.8 Å². The zero-order valence-electron chi connectivity index (χ0n) is 13.2. The molecule has 0 fully saturated rings. The molecule has 1 N–H and O–H groups in total. The van der Waals surface area contributed by atoms with Crippen molar-refractivity contribution < 1.29 is 27.9 Å². The zero-order valence-corrected chi connectivity index (χ0v) is 13.2. The summed E-state index contributed by atoms with van der Waals surface area (Å²) in [6.45, 7) is -0.436. The van der Waals surface area contributed by atoms with E-state index in [2.05, 4.69) is 15.2 Å². The number of ether oxygens (including phenoxy) is 1. The van der Waals surface area contributed by atoms with Crippen LogP contribution in [0.25, 0.3) is 0 Å². The Kier molecular flexibility index (Phi) is 6.16. The smallest absolute Gasteiger partial charge is 0.337 e. The summed E-state index contributed by atoms with van der Waals surface area (Å²) in [5.74, 6) is -2.68. The summed E-state index contributed by atoms with van der Waals surface area (Å²) >= 11 is 0. The number of nitrogens with zero attached hydrogens (tertiary/aromatic N) is 1. The van der Waals surface area contributed by atoms with Crippen LogP contribution < -0.4 is 5.32 Å². The van der Waals surface area contributed by atoms with Crippen molar-refractivity contribution in [3.63, 3.8) is 0 Å². The molecule has 0 aromatic heterocycles. The van der Waals surface area contributed by atoms with Crippen LogP contribution in [0.4, 0.5) is 14.5 Å². The maximum absolute atomic E-state index is 13.0. The fraction of sp³-hybridized carbons (Fsp3) is 0.118. The normalized spacial score (nSPS) is 10.5. The number of esters is 1. The fourth-order valence-electron chi connectivity index (χ4n) is 1.84. The molecule has 0 saturated heterocycles. The third-order valence-corrected chi connectivity index (χ3v) is 2.95. The summed E-state index contributed by atoms with van der Waals surface area (Å²) < 4.78 is 30.6. The predicted molar refractivity (Wildman–Crippen MR) is 86.3 cm³/mol. The summed E-state index contributed by atoms with van der Waals surface area (Å²) in [4.78, 5) is 27.7. The summed E-state index contributed by atoms with van der Waals surface area (Å²) in [5.41, 5.74) is 1.01. The van der Waals surface area contributed by atoms with Gasteiger partial charge in [-0.1, -0.05) is 17.3 Å². The number of carbonyl (C=O) groups is 2. The van der Waals surface area contributed by atoms with Crippen LogP contribution in [0.3, 0.4) is 0 Å². The van der Waals surface area contributed by atoms with Gasteiger partial charge < -0.3 is 14.9 Å². The molecule has 25 heavy (non-hydrogen) atoms. The second kappa shape index (κ2) is 8.53. The molecule has 0 spiro atoms. The van der Waals surface area contributed by atoms with Gasteiger partial charge in [-0.05, 0) is 29.8 Å². The van der Waals surface area contributed by atoms with Crippen LogP contribution in [0.5, 0.6) is 0 Å². The zero-order chi connectivity index (χ0) is 18.2. The van der Waals surface area contributed by atoms with Crippen molar-refractivity contribution in [3.8, 4) is 0 Å². The SMILES string of the molecule is COC(=O)c1ccc(/C=N/OCC(=O)Nc2cc(F)cc(F)c2)cc1. The van der Waals surface area contributed by atoms with E-state index in [4.69, 9.17) is 4.84 Å². The number of methoxy groups -OCH3 is 1. The van der Waals surface area contributed by atoms with Gasteiger partial charge in [0.05, 0.1) is 18.9 Å². The molecule has 1 amide bonds. The summed E-state index contributed by atoms with van der Waals surface area (Å²) in [5, 5.41) is 5.88. The van der Waals surface area contributed by atoms with Gasteiger partial charge in [0.2, 0.25) is 0 Å².